The van der Waals surface area contributed by atoms with Gasteiger partial charge >= 0.3 is 0 Å². The van der Waals surface area contributed by atoms with Crippen LogP contribution in [0.4, 0.5) is 0 Å². The molecule has 23 heavy (non-hydrogen) atoms. The molecule has 2 rings (SSSR count). The predicted molar refractivity (Wildman–Crippen MR) is 97.3 cm³/mol. The summed E-state index contributed by atoms with van der Waals surface area (Å²) in [6.45, 7) is 17.9. The van der Waals surface area contributed by atoms with Gasteiger partial charge in [-0.05, 0) is 67.8 Å². The maximum absolute atomic E-state index is 10.1. The lowest BCUT2D eigenvalue weighted by atomic mass is 9.55. The van der Waals surface area contributed by atoms with Gasteiger partial charge in [0.1, 0.15) is 0 Å². The molecule has 1 N–H and O–H groups in total. The van der Waals surface area contributed by atoms with Crippen molar-refractivity contribution in [2.24, 2.45) is 22.7 Å². The van der Waals surface area contributed by atoms with Crippen molar-refractivity contribution in [3.63, 3.8) is 0 Å². The van der Waals surface area contributed by atoms with E-state index in [1.54, 1.807) is 0 Å². The highest BCUT2D eigenvalue weighted by atomic mass is 16.5. The average Bonchev–Trinajstić information content (AvgIpc) is 2.46. The quantitative estimate of drug-likeness (QED) is 0.731. The Morgan fingerprint density at radius 2 is 1.96 bits per heavy atom. The molecule has 1 aliphatic carbocycles. The van der Waals surface area contributed by atoms with E-state index in [0.717, 1.165) is 6.42 Å². The van der Waals surface area contributed by atoms with Gasteiger partial charge in [0.25, 0.3) is 0 Å². The van der Waals surface area contributed by atoms with Crippen molar-refractivity contribution in [1.82, 2.24) is 0 Å². The highest BCUT2D eigenvalue weighted by Gasteiger charge is 2.44. The first-order chi connectivity index (χ1) is 10.5. The Bertz CT molecular complexity index is 463. The Kier molecular flexibility index (Phi) is 5.19. The Morgan fingerprint density at radius 3 is 2.39 bits per heavy atom. The molecule has 0 aromatic rings. The van der Waals surface area contributed by atoms with Crippen LogP contribution in [-0.2, 0) is 4.74 Å². The second-order valence-electron chi connectivity index (χ2n) is 9.57. The highest BCUT2D eigenvalue weighted by Crippen LogP contribution is 2.53. The lowest BCUT2D eigenvalue weighted by Crippen LogP contribution is -2.43. The van der Waals surface area contributed by atoms with E-state index in [1.807, 2.05) is 13.8 Å². The van der Waals surface area contributed by atoms with Crippen molar-refractivity contribution in [2.75, 3.05) is 6.61 Å². The summed E-state index contributed by atoms with van der Waals surface area (Å²) < 4.78 is 5.97. The molecule has 0 saturated heterocycles. The number of rotatable bonds is 3. The summed E-state index contributed by atoms with van der Waals surface area (Å²) in [5, 5.41) is 10.1. The molecule has 0 spiro atoms. The van der Waals surface area contributed by atoms with Gasteiger partial charge in [-0.2, -0.15) is 0 Å². The SMILES string of the molecule is C=C[C@@]1(C)CC[C@H](C2=CCC(C(C)(C)O)OC2)C[C@@H]1C(C)(C)C. The van der Waals surface area contributed by atoms with Crippen LogP contribution in [0, 0.1) is 22.7 Å². The molecule has 2 heteroatoms. The lowest BCUT2D eigenvalue weighted by Gasteiger charge is -2.50. The predicted octanol–water partition coefficient (Wildman–Crippen LogP) is 5.13. The molecular formula is C21H36O2. The standard InChI is InChI=1S/C21H36O2/c1-8-21(7)12-11-15(13-17(21)19(2,3)4)16-9-10-18(23-14-16)20(5,6)22/h8-9,15,17-18,22H,1,10-14H2,2-7H3/t15-,17+,18?,21-/m0/s1. The van der Waals surface area contributed by atoms with Crippen molar-refractivity contribution in [1.29, 1.82) is 0 Å². The second kappa shape index (κ2) is 6.37. The third kappa shape index (κ3) is 4.09. The first-order valence-corrected chi connectivity index (χ1v) is 9.14. The van der Waals surface area contributed by atoms with Gasteiger partial charge in [-0.1, -0.05) is 39.8 Å². The first-order valence-electron chi connectivity index (χ1n) is 9.14. The van der Waals surface area contributed by atoms with E-state index in [2.05, 4.69) is 46.4 Å². The minimum absolute atomic E-state index is 0.0771. The van der Waals surface area contributed by atoms with Gasteiger partial charge < -0.3 is 9.84 Å². The number of hydrogen-bond acceptors (Lipinski definition) is 2. The molecule has 0 amide bonds. The second-order valence-corrected chi connectivity index (χ2v) is 9.57. The molecule has 132 valence electrons. The summed E-state index contributed by atoms with van der Waals surface area (Å²) >= 11 is 0. The smallest absolute Gasteiger partial charge is 0.0895 e. The van der Waals surface area contributed by atoms with E-state index in [1.165, 1.54) is 24.8 Å². The van der Waals surface area contributed by atoms with Crippen LogP contribution in [0.2, 0.25) is 0 Å². The van der Waals surface area contributed by atoms with E-state index in [0.29, 0.717) is 18.4 Å². The van der Waals surface area contributed by atoms with Crippen molar-refractivity contribution < 1.29 is 9.84 Å². The summed E-state index contributed by atoms with van der Waals surface area (Å²) in [6.07, 6.45) is 8.92. The minimum atomic E-state index is -0.760. The summed E-state index contributed by atoms with van der Waals surface area (Å²) in [4.78, 5) is 0. The molecule has 0 radical (unpaired) electrons. The zero-order chi connectivity index (χ0) is 17.5. The fourth-order valence-electron chi connectivity index (χ4n) is 4.61. The fourth-order valence-corrected chi connectivity index (χ4v) is 4.61. The van der Waals surface area contributed by atoms with Crippen molar-refractivity contribution >= 4 is 0 Å². The van der Waals surface area contributed by atoms with Gasteiger partial charge in [0.15, 0.2) is 0 Å². The Morgan fingerprint density at radius 1 is 1.30 bits per heavy atom. The van der Waals surface area contributed by atoms with E-state index >= 15 is 0 Å². The molecule has 0 aromatic carbocycles. The molecule has 4 atom stereocenters. The topological polar surface area (TPSA) is 29.5 Å². The third-order valence-corrected chi connectivity index (χ3v) is 6.22. The van der Waals surface area contributed by atoms with Gasteiger partial charge in [-0.15, -0.1) is 6.58 Å². The molecular weight excluding hydrogens is 284 g/mol. The van der Waals surface area contributed by atoms with Crippen molar-refractivity contribution in [3.05, 3.63) is 24.3 Å². The average molecular weight is 321 g/mol. The lowest BCUT2D eigenvalue weighted by molar-refractivity contribution is -0.0879. The summed E-state index contributed by atoms with van der Waals surface area (Å²) in [5.41, 5.74) is 1.21. The first kappa shape index (κ1) is 18.7. The summed E-state index contributed by atoms with van der Waals surface area (Å²) in [7, 11) is 0. The molecule has 1 aliphatic heterocycles. The number of aliphatic hydroxyl groups is 1. The third-order valence-electron chi connectivity index (χ3n) is 6.22. The zero-order valence-corrected chi connectivity index (χ0v) is 16.0. The number of allylic oxidation sites excluding steroid dienone is 1. The molecule has 0 bridgehead atoms. The molecule has 2 nitrogen and oxygen atoms in total. The van der Waals surface area contributed by atoms with Crippen LogP contribution in [0.25, 0.3) is 0 Å². The van der Waals surface area contributed by atoms with Crippen molar-refractivity contribution in [3.8, 4) is 0 Å². The normalized spacial score (nSPS) is 36.5. The van der Waals surface area contributed by atoms with Crippen LogP contribution in [0.1, 0.15) is 67.2 Å². The maximum atomic E-state index is 10.1. The van der Waals surface area contributed by atoms with Gasteiger partial charge in [0.05, 0.1) is 18.3 Å². The number of hydrogen-bond donors (Lipinski definition) is 1. The Labute approximate surface area is 143 Å². The van der Waals surface area contributed by atoms with Crippen LogP contribution in [0.15, 0.2) is 24.3 Å². The molecule has 2 aliphatic rings. The monoisotopic (exact) mass is 320 g/mol. The fraction of sp³-hybridized carbons (Fsp3) is 0.810. The Hall–Kier alpha value is -0.600. The molecule has 1 heterocycles. The van der Waals surface area contributed by atoms with Crippen LogP contribution < -0.4 is 0 Å². The molecule has 1 fully saturated rings. The Balaban J connectivity index is 2.12. The molecule has 1 unspecified atom stereocenters. The van der Waals surface area contributed by atoms with Crippen LogP contribution in [-0.4, -0.2) is 23.4 Å². The summed E-state index contributed by atoms with van der Waals surface area (Å²) in [6, 6.07) is 0. The van der Waals surface area contributed by atoms with Gasteiger partial charge in [0.2, 0.25) is 0 Å². The van der Waals surface area contributed by atoms with Crippen molar-refractivity contribution in [2.45, 2.75) is 78.9 Å². The van der Waals surface area contributed by atoms with Crippen LogP contribution >= 0.6 is 0 Å². The minimum Gasteiger partial charge on any atom is -0.388 e. The largest absolute Gasteiger partial charge is 0.388 e. The van der Waals surface area contributed by atoms with E-state index < -0.39 is 5.60 Å². The summed E-state index contributed by atoms with van der Waals surface area (Å²) in [5.74, 6) is 1.26. The van der Waals surface area contributed by atoms with E-state index in [4.69, 9.17) is 4.74 Å². The molecule has 0 aromatic heterocycles. The maximum Gasteiger partial charge on any atom is 0.0895 e. The van der Waals surface area contributed by atoms with E-state index in [9.17, 15) is 5.11 Å². The highest BCUT2D eigenvalue weighted by molar-refractivity contribution is 5.16. The van der Waals surface area contributed by atoms with Gasteiger partial charge in [-0.3, -0.25) is 0 Å². The number of ether oxygens (including phenoxy) is 1. The van der Waals surface area contributed by atoms with Crippen LogP contribution in [0.5, 0.6) is 0 Å². The van der Waals surface area contributed by atoms with Gasteiger partial charge in [0, 0.05) is 0 Å². The van der Waals surface area contributed by atoms with Gasteiger partial charge in [-0.25, -0.2) is 0 Å². The van der Waals surface area contributed by atoms with Crippen LogP contribution in [0.3, 0.4) is 0 Å². The zero-order valence-electron chi connectivity index (χ0n) is 16.0. The van der Waals surface area contributed by atoms with E-state index in [-0.39, 0.29) is 16.9 Å². The molecule has 1 saturated carbocycles.